The maximum absolute atomic E-state index is 12.7. The van der Waals surface area contributed by atoms with Gasteiger partial charge >= 0.3 is 0 Å². The molecule has 3 aliphatic rings. The number of allylic oxidation sites excluding steroid dienone is 5. The molecule has 134 valence electrons. The monoisotopic (exact) mass is 368 g/mol. The maximum atomic E-state index is 12.7. The molecule has 0 saturated carbocycles. The van der Waals surface area contributed by atoms with E-state index in [0.717, 1.165) is 46.8 Å². The normalized spacial score (nSPS) is 22.0. The molecule has 4 rings (SSSR count). The molecule has 2 heterocycles. The fraction of sp³-hybridized carbons (Fsp3) is 0.350. The van der Waals surface area contributed by atoms with E-state index in [9.17, 15) is 14.9 Å². The van der Waals surface area contributed by atoms with Crippen LogP contribution in [-0.4, -0.2) is 16.5 Å². The minimum Gasteiger partial charge on any atom is -0.361 e. The number of thioether (sulfide) groups is 1. The second-order valence-corrected chi connectivity index (χ2v) is 8.12. The number of hydrogen-bond acceptors (Lipinski definition) is 5. The largest absolute Gasteiger partial charge is 0.361 e. The second kappa shape index (κ2) is 6.43. The number of carbonyl (C=O) groups is 1. The van der Waals surface area contributed by atoms with Crippen LogP contribution in [0.3, 0.4) is 0 Å². The van der Waals surface area contributed by atoms with Crippen molar-refractivity contribution in [3.8, 4) is 0 Å². The van der Waals surface area contributed by atoms with Crippen LogP contribution in [0.2, 0.25) is 0 Å². The van der Waals surface area contributed by atoms with E-state index in [-0.39, 0.29) is 22.3 Å². The number of rotatable bonds is 3. The summed E-state index contributed by atoms with van der Waals surface area (Å²) in [6, 6.07) is 5.32. The Bertz CT molecular complexity index is 914. The van der Waals surface area contributed by atoms with E-state index in [1.165, 1.54) is 5.70 Å². The highest BCUT2D eigenvalue weighted by molar-refractivity contribution is 8.03. The molecule has 1 aliphatic carbocycles. The molecular formula is C20H20N2O3S. The topological polar surface area (TPSA) is 72.2 Å². The molecule has 1 aromatic rings. The second-order valence-electron chi connectivity index (χ2n) is 6.98. The molecule has 5 nitrogen and oxygen atoms in total. The van der Waals surface area contributed by atoms with E-state index >= 15 is 0 Å². The van der Waals surface area contributed by atoms with E-state index < -0.39 is 0 Å². The Hall–Kier alpha value is -2.34. The fourth-order valence-corrected chi connectivity index (χ4v) is 5.33. The number of carbonyl (C=O) groups excluding carboxylic acids is 1. The number of hydrogen-bond donors (Lipinski definition) is 1. The molecule has 26 heavy (non-hydrogen) atoms. The summed E-state index contributed by atoms with van der Waals surface area (Å²) in [5.74, 6) is 0.961. The van der Waals surface area contributed by atoms with Crippen LogP contribution < -0.4 is 5.32 Å². The average molecular weight is 368 g/mol. The van der Waals surface area contributed by atoms with Gasteiger partial charge in [0.15, 0.2) is 5.78 Å². The standard InChI is InChI=1S/C20H20N2O3S/c1-11(2)13-7-6-12(10-16(13)22(24)25)18-19-14(4-3-5-17(19)23)21-15-8-9-26-20(15)18/h6-7,10,18,21H,1,3-5,8-9H2,2H3. The number of ketones is 1. The number of nitro groups is 1. The lowest BCUT2D eigenvalue weighted by molar-refractivity contribution is -0.385. The minimum atomic E-state index is -0.357. The van der Waals surface area contributed by atoms with Crippen molar-refractivity contribution in [3.05, 3.63) is 67.9 Å². The van der Waals surface area contributed by atoms with Crippen LogP contribution in [0.4, 0.5) is 5.69 Å². The van der Waals surface area contributed by atoms with Crippen molar-refractivity contribution in [2.24, 2.45) is 0 Å². The van der Waals surface area contributed by atoms with Crippen LogP contribution in [0.15, 0.2) is 46.7 Å². The zero-order chi connectivity index (χ0) is 18.4. The lowest BCUT2D eigenvalue weighted by Crippen LogP contribution is -2.30. The molecule has 2 aliphatic heterocycles. The van der Waals surface area contributed by atoms with Gasteiger partial charge in [-0.05, 0) is 43.4 Å². The predicted octanol–water partition coefficient (Wildman–Crippen LogP) is 4.67. The number of benzene rings is 1. The predicted molar refractivity (Wildman–Crippen MR) is 104 cm³/mol. The van der Waals surface area contributed by atoms with Crippen LogP contribution >= 0.6 is 11.8 Å². The molecule has 1 N–H and O–H groups in total. The van der Waals surface area contributed by atoms with Gasteiger partial charge in [0.1, 0.15) is 0 Å². The molecule has 0 spiro atoms. The van der Waals surface area contributed by atoms with Gasteiger partial charge in [-0.1, -0.05) is 12.6 Å². The summed E-state index contributed by atoms with van der Waals surface area (Å²) in [6.07, 6.45) is 3.23. The third-order valence-corrected chi connectivity index (χ3v) is 6.43. The fourth-order valence-electron chi connectivity index (χ4n) is 4.05. The Morgan fingerprint density at radius 1 is 1.31 bits per heavy atom. The van der Waals surface area contributed by atoms with Crippen molar-refractivity contribution in [2.75, 3.05) is 5.75 Å². The highest BCUT2D eigenvalue weighted by Gasteiger charge is 2.39. The highest BCUT2D eigenvalue weighted by atomic mass is 32.2. The van der Waals surface area contributed by atoms with E-state index in [1.54, 1.807) is 30.8 Å². The highest BCUT2D eigenvalue weighted by Crippen LogP contribution is 2.50. The van der Waals surface area contributed by atoms with Gasteiger partial charge in [-0.15, -0.1) is 11.8 Å². The molecule has 1 aromatic carbocycles. The third-order valence-electron chi connectivity index (χ3n) is 5.23. The number of nitro benzene ring substituents is 1. The molecule has 1 unspecified atom stereocenters. The van der Waals surface area contributed by atoms with Crippen LogP contribution in [0, 0.1) is 10.1 Å². The first kappa shape index (κ1) is 17.1. The Morgan fingerprint density at radius 2 is 2.12 bits per heavy atom. The smallest absolute Gasteiger partial charge is 0.277 e. The average Bonchev–Trinajstić information content (AvgIpc) is 3.07. The van der Waals surface area contributed by atoms with Gasteiger partial charge in [0, 0.05) is 46.0 Å². The van der Waals surface area contributed by atoms with Gasteiger partial charge in [0.2, 0.25) is 0 Å². The first-order valence-corrected chi connectivity index (χ1v) is 9.79. The summed E-state index contributed by atoms with van der Waals surface area (Å²) in [4.78, 5) is 25.1. The zero-order valence-corrected chi connectivity index (χ0v) is 15.4. The minimum absolute atomic E-state index is 0.0593. The number of Topliss-reactive ketones (excluding diaryl/α,β-unsaturated/α-hetero) is 1. The molecule has 0 bridgehead atoms. The van der Waals surface area contributed by atoms with Gasteiger partial charge in [-0.3, -0.25) is 14.9 Å². The molecule has 0 saturated heterocycles. The van der Waals surface area contributed by atoms with Crippen LogP contribution in [0.1, 0.15) is 49.7 Å². The third kappa shape index (κ3) is 2.69. The van der Waals surface area contributed by atoms with Gasteiger partial charge < -0.3 is 5.32 Å². The lowest BCUT2D eigenvalue weighted by atomic mass is 9.79. The van der Waals surface area contributed by atoms with Gasteiger partial charge in [0.25, 0.3) is 5.69 Å². The maximum Gasteiger partial charge on any atom is 0.277 e. The molecular weight excluding hydrogens is 348 g/mol. The van der Waals surface area contributed by atoms with Crippen LogP contribution in [0.5, 0.6) is 0 Å². The molecule has 0 amide bonds. The van der Waals surface area contributed by atoms with E-state index in [2.05, 4.69) is 11.9 Å². The number of nitrogens with one attached hydrogen (secondary N) is 1. The molecule has 6 heteroatoms. The number of nitrogens with zero attached hydrogens (tertiary/aromatic N) is 1. The Kier molecular flexibility index (Phi) is 4.23. The van der Waals surface area contributed by atoms with E-state index in [0.29, 0.717) is 17.6 Å². The lowest BCUT2D eigenvalue weighted by Gasteiger charge is -2.33. The summed E-state index contributed by atoms with van der Waals surface area (Å²) in [5, 5.41) is 15.1. The molecule has 0 fully saturated rings. The summed E-state index contributed by atoms with van der Waals surface area (Å²) in [6.45, 7) is 5.62. The Morgan fingerprint density at radius 3 is 2.85 bits per heavy atom. The van der Waals surface area contributed by atoms with Gasteiger partial charge in [-0.25, -0.2) is 0 Å². The van der Waals surface area contributed by atoms with Crippen molar-refractivity contribution >= 4 is 28.8 Å². The summed E-state index contributed by atoms with van der Waals surface area (Å²) in [5.41, 5.74) is 5.10. The quantitative estimate of drug-likeness (QED) is 0.620. The van der Waals surface area contributed by atoms with Gasteiger partial charge in [-0.2, -0.15) is 0 Å². The van der Waals surface area contributed by atoms with Crippen molar-refractivity contribution in [1.29, 1.82) is 0 Å². The van der Waals surface area contributed by atoms with E-state index in [1.807, 2.05) is 6.07 Å². The van der Waals surface area contributed by atoms with Crippen LogP contribution in [0.25, 0.3) is 5.57 Å². The summed E-state index contributed by atoms with van der Waals surface area (Å²) in [7, 11) is 0. The van der Waals surface area contributed by atoms with Gasteiger partial charge in [0.05, 0.1) is 10.5 Å². The van der Waals surface area contributed by atoms with Crippen molar-refractivity contribution in [3.63, 3.8) is 0 Å². The van der Waals surface area contributed by atoms with Crippen molar-refractivity contribution in [2.45, 2.75) is 38.5 Å². The summed E-state index contributed by atoms with van der Waals surface area (Å²) < 4.78 is 0. The van der Waals surface area contributed by atoms with Crippen molar-refractivity contribution < 1.29 is 9.72 Å². The first-order valence-electron chi connectivity index (χ1n) is 8.80. The Labute approximate surface area is 156 Å². The molecule has 1 atom stereocenters. The zero-order valence-electron chi connectivity index (χ0n) is 14.6. The van der Waals surface area contributed by atoms with E-state index in [4.69, 9.17) is 0 Å². The first-order chi connectivity index (χ1) is 12.5. The molecule has 0 aromatic heterocycles. The molecule has 0 radical (unpaired) electrons. The summed E-state index contributed by atoms with van der Waals surface area (Å²) >= 11 is 1.76. The van der Waals surface area contributed by atoms with Crippen LogP contribution in [-0.2, 0) is 4.79 Å². The Balaban J connectivity index is 1.89. The number of dihydropyridines is 1. The van der Waals surface area contributed by atoms with Crippen molar-refractivity contribution in [1.82, 2.24) is 5.32 Å². The SMILES string of the molecule is C=C(C)c1ccc(C2C3=C(CCS3)NC3=C2C(=O)CCC3)cc1[N+](=O)[O-].